The van der Waals surface area contributed by atoms with Crippen LogP contribution in [0.25, 0.3) is 0 Å². The fraction of sp³-hybridized carbons (Fsp3) is 0.100. The minimum atomic E-state index is -0.725. The SMILES string of the molecule is Cc1ccc(C(=O)C(=O)Nc2ccc(C(=O)c3nccn3C)cc2)cc1. The Hall–Kier alpha value is -3.54. The summed E-state index contributed by atoms with van der Waals surface area (Å²) >= 11 is 0. The van der Waals surface area contributed by atoms with E-state index in [-0.39, 0.29) is 5.78 Å². The maximum Gasteiger partial charge on any atom is 0.296 e. The summed E-state index contributed by atoms with van der Waals surface area (Å²) in [6, 6.07) is 13.1. The number of rotatable bonds is 5. The van der Waals surface area contributed by atoms with Gasteiger partial charge in [-0.05, 0) is 31.2 Å². The summed E-state index contributed by atoms with van der Waals surface area (Å²) in [4.78, 5) is 40.6. The molecule has 0 unspecified atom stereocenters. The number of aryl methyl sites for hydroxylation is 2. The van der Waals surface area contributed by atoms with E-state index in [1.807, 2.05) is 6.92 Å². The number of carbonyl (C=O) groups is 3. The van der Waals surface area contributed by atoms with Crippen molar-refractivity contribution in [3.05, 3.63) is 83.4 Å². The fourth-order valence-electron chi connectivity index (χ4n) is 2.44. The number of Topliss-reactive ketones (excluding diaryl/α,β-unsaturated/α-hetero) is 1. The molecule has 6 nitrogen and oxygen atoms in total. The van der Waals surface area contributed by atoms with Crippen LogP contribution in [0.2, 0.25) is 0 Å². The number of benzene rings is 2. The first-order valence-electron chi connectivity index (χ1n) is 8.00. The Morgan fingerprint density at radius 3 is 2.12 bits per heavy atom. The minimum Gasteiger partial charge on any atom is -0.331 e. The van der Waals surface area contributed by atoms with Crippen molar-refractivity contribution in [3.8, 4) is 0 Å². The fourth-order valence-corrected chi connectivity index (χ4v) is 2.44. The molecule has 1 heterocycles. The number of anilines is 1. The van der Waals surface area contributed by atoms with Gasteiger partial charge in [0.15, 0.2) is 5.82 Å². The molecule has 3 rings (SSSR count). The second-order valence-electron chi connectivity index (χ2n) is 5.92. The summed E-state index contributed by atoms with van der Waals surface area (Å²) in [6.45, 7) is 1.90. The molecule has 2 aromatic carbocycles. The minimum absolute atomic E-state index is 0.217. The highest BCUT2D eigenvalue weighted by Gasteiger charge is 2.17. The van der Waals surface area contributed by atoms with Crippen LogP contribution in [0.4, 0.5) is 5.69 Å². The van der Waals surface area contributed by atoms with Crippen LogP contribution in [0, 0.1) is 6.92 Å². The lowest BCUT2D eigenvalue weighted by molar-refractivity contribution is -0.112. The Morgan fingerprint density at radius 2 is 1.54 bits per heavy atom. The average molecular weight is 347 g/mol. The van der Waals surface area contributed by atoms with E-state index in [0.29, 0.717) is 22.6 Å². The van der Waals surface area contributed by atoms with Gasteiger partial charge < -0.3 is 9.88 Å². The van der Waals surface area contributed by atoms with Crippen molar-refractivity contribution in [2.45, 2.75) is 6.92 Å². The van der Waals surface area contributed by atoms with Crippen molar-refractivity contribution in [1.29, 1.82) is 0 Å². The lowest BCUT2D eigenvalue weighted by Crippen LogP contribution is -2.22. The van der Waals surface area contributed by atoms with Gasteiger partial charge in [-0.3, -0.25) is 14.4 Å². The molecule has 0 atom stereocenters. The third-order valence-corrected chi connectivity index (χ3v) is 3.95. The number of imidazole rings is 1. The number of hydrogen-bond acceptors (Lipinski definition) is 4. The second-order valence-corrected chi connectivity index (χ2v) is 5.92. The van der Waals surface area contributed by atoms with E-state index in [9.17, 15) is 14.4 Å². The molecule has 0 spiro atoms. The largest absolute Gasteiger partial charge is 0.331 e. The molecule has 0 aliphatic carbocycles. The molecule has 3 aromatic rings. The summed E-state index contributed by atoms with van der Waals surface area (Å²) in [6.07, 6.45) is 3.25. The zero-order chi connectivity index (χ0) is 18.7. The Bertz CT molecular complexity index is 970. The quantitative estimate of drug-likeness (QED) is 0.568. The smallest absolute Gasteiger partial charge is 0.296 e. The summed E-state index contributed by atoms with van der Waals surface area (Å²) in [5.74, 6) is -1.22. The van der Waals surface area contributed by atoms with E-state index in [1.54, 1.807) is 72.5 Å². The number of nitrogens with zero attached hydrogens (tertiary/aromatic N) is 2. The summed E-state index contributed by atoms with van der Waals surface area (Å²) < 4.78 is 1.64. The molecule has 0 radical (unpaired) electrons. The van der Waals surface area contributed by atoms with Gasteiger partial charge in [-0.1, -0.05) is 29.8 Å². The van der Waals surface area contributed by atoms with E-state index >= 15 is 0 Å². The van der Waals surface area contributed by atoms with Crippen molar-refractivity contribution in [1.82, 2.24) is 9.55 Å². The molecule has 0 aliphatic heterocycles. The monoisotopic (exact) mass is 347 g/mol. The number of hydrogen-bond donors (Lipinski definition) is 1. The highest BCUT2D eigenvalue weighted by Crippen LogP contribution is 2.14. The molecular weight excluding hydrogens is 330 g/mol. The molecule has 1 amide bonds. The van der Waals surface area contributed by atoms with Crippen molar-refractivity contribution >= 4 is 23.2 Å². The number of carbonyl (C=O) groups excluding carboxylic acids is 3. The van der Waals surface area contributed by atoms with Crippen LogP contribution in [0.1, 0.15) is 32.1 Å². The second kappa shape index (κ2) is 7.14. The maximum absolute atomic E-state index is 12.4. The van der Waals surface area contributed by atoms with Crippen LogP contribution >= 0.6 is 0 Å². The van der Waals surface area contributed by atoms with Crippen LogP contribution in [-0.2, 0) is 11.8 Å². The molecule has 0 saturated heterocycles. The molecule has 1 N–H and O–H groups in total. The molecule has 0 saturated carbocycles. The normalized spacial score (nSPS) is 10.4. The lowest BCUT2D eigenvalue weighted by Gasteiger charge is -2.06. The van der Waals surface area contributed by atoms with E-state index in [4.69, 9.17) is 0 Å². The first kappa shape index (κ1) is 17.3. The van der Waals surface area contributed by atoms with Crippen LogP contribution in [0.15, 0.2) is 60.9 Å². The zero-order valence-corrected chi connectivity index (χ0v) is 14.4. The maximum atomic E-state index is 12.4. The van der Waals surface area contributed by atoms with E-state index in [2.05, 4.69) is 10.3 Å². The standard InChI is InChI=1S/C20H17N3O3/c1-13-3-5-15(6-4-13)18(25)20(26)22-16-9-7-14(8-10-16)17(24)19-21-11-12-23(19)2/h3-12H,1-2H3,(H,22,26). The van der Waals surface area contributed by atoms with Crippen molar-refractivity contribution in [2.24, 2.45) is 7.05 Å². The molecule has 1 aromatic heterocycles. The highest BCUT2D eigenvalue weighted by atomic mass is 16.2. The van der Waals surface area contributed by atoms with Gasteiger partial charge in [-0.2, -0.15) is 0 Å². The van der Waals surface area contributed by atoms with Crippen LogP contribution in [-0.4, -0.2) is 27.0 Å². The molecule has 0 bridgehead atoms. The summed E-state index contributed by atoms with van der Waals surface area (Å²) in [7, 11) is 1.74. The van der Waals surface area contributed by atoms with E-state index in [0.717, 1.165) is 5.56 Å². The van der Waals surface area contributed by atoms with Gasteiger partial charge >= 0.3 is 0 Å². The van der Waals surface area contributed by atoms with Crippen LogP contribution in [0.3, 0.4) is 0 Å². The molecule has 26 heavy (non-hydrogen) atoms. The van der Waals surface area contributed by atoms with Crippen LogP contribution < -0.4 is 5.32 Å². The third kappa shape index (κ3) is 3.59. The average Bonchev–Trinajstić information content (AvgIpc) is 3.07. The van der Waals surface area contributed by atoms with Gasteiger partial charge in [0.2, 0.25) is 5.78 Å². The van der Waals surface area contributed by atoms with Gasteiger partial charge in [0.05, 0.1) is 0 Å². The van der Waals surface area contributed by atoms with Gasteiger partial charge in [0.25, 0.3) is 11.7 Å². The summed E-state index contributed by atoms with van der Waals surface area (Å²) in [5, 5.41) is 2.55. The predicted molar refractivity (Wildman–Crippen MR) is 97.2 cm³/mol. The Kier molecular flexibility index (Phi) is 4.75. The lowest BCUT2D eigenvalue weighted by atomic mass is 10.1. The van der Waals surface area contributed by atoms with Crippen molar-refractivity contribution in [3.63, 3.8) is 0 Å². The Labute approximate surface area is 150 Å². The zero-order valence-electron chi connectivity index (χ0n) is 14.4. The van der Waals surface area contributed by atoms with Crippen LogP contribution in [0.5, 0.6) is 0 Å². The number of aromatic nitrogens is 2. The van der Waals surface area contributed by atoms with Gasteiger partial charge in [-0.25, -0.2) is 4.98 Å². The summed E-state index contributed by atoms with van der Waals surface area (Å²) in [5.41, 5.74) is 2.22. The Morgan fingerprint density at radius 1 is 0.923 bits per heavy atom. The van der Waals surface area contributed by atoms with Gasteiger partial charge in [-0.15, -0.1) is 0 Å². The Balaban J connectivity index is 1.70. The highest BCUT2D eigenvalue weighted by molar-refractivity contribution is 6.46. The molecule has 0 fully saturated rings. The number of ketones is 2. The first-order chi connectivity index (χ1) is 12.5. The van der Waals surface area contributed by atoms with Crippen molar-refractivity contribution in [2.75, 3.05) is 5.32 Å². The molecule has 6 heteroatoms. The molecule has 0 aliphatic rings. The van der Waals surface area contributed by atoms with Gasteiger partial charge in [0.1, 0.15) is 0 Å². The van der Waals surface area contributed by atoms with Gasteiger partial charge in [0, 0.05) is 36.3 Å². The first-order valence-corrected chi connectivity index (χ1v) is 8.00. The topological polar surface area (TPSA) is 81.1 Å². The van der Waals surface area contributed by atoms with E-state index < -0.39 is 11.7 Å². The molecule has 130 valence electrons. The van der Waals surface area contributed by atoms with Crippen molar-refractivity contribution < 1.29 is 14.4 Å². The predicted octanol–water partition coefficient (Wildman–Crippen LogP) is 2.78. The van der Waals surface area contributed by atoms with E-state index in [1.165, 1.54) is 0 Å². The number of amides is 1. The molecular formula is C20H17N3O3. The third-order valence-electron chi connectivity index (χ3n) is 3.95. The number of nitrogens with one attached hydrogen (secondary N) is 1.